The zero-order valence-electron chi connectivity index (χ0n) is 23.3. The monoisotopic (exact) mass is 598 g/mol. The van der Waals surface area contributed by atoms with Gasteiger partial charge in [-0.2, -0.15) is 0 Å². The van der Waals surface area contributed by atoms with Gasteiger partial charge in [-0.05, 0) is 67.4 Å². The van der Waals surface area contributed by atoms with Gasteiger partial charge < -0.3 is 26.2 Å². The second-order valence-corrected chi connectivity index (χ2v) is 11.8. The first-order valence-corrected chi connectivity index (χ1v) is 15.6. The van der Waals surface area contributed by atoms with Gasteiger partial charge >= 0.3 is 11.9 Å². The Balaban J connectivity index is 0.000000426. The largest absolute Gasteiger partial charge is 0.481 e. The zero-order chi connectivity index (χ0) is 29.0. The number of carbonyl (C=O) groups is 2. The number of anilines is 2. The van der Waals surface area contributed by atoms with Crippen LogP contribution in [0.1, 0.15) is 61.6 Å². The molecule has 3 aromatic rings. The molecule has 2 aliphatic rings. The Kier molecular flexibility index (Phi) is 11.8. The average molecular weight is 599 g/mol. The fraction of sp³-hybridized carbons (Fsp3) is 0.452. The minimum Gasteiger partial charge on any atom is -0.481 e. The Bertz CT molecular complexity index is 1280. The van der Waals surface area contributed by atoms with Crippen molar-refractivity contribution in [2.24, 2.45) is 5.92 Å². The third-order valence-corrected chi connectivity index (χ3v) is 8.64. The lowest BCUT2D eigenvalue weighted by Gasteiger charge is -2.21. The predicted octanol–water partition coefficient (Wildman–Crippen LogP) is 6.69. The molecule has 5 rings (SSSR count). The molecule has 1 fully saturated rings. The lowest BCUT2D eigenvalue weighted by Crippen LogP contribution is -2.16. The third kappa shape index (κ3) is 9.73. The Morgan fingerprint density at radius 3 is 2.37 bits per heavy atom. The molecule has 1 aliphatic heterocycles. The van der Waals surface area contributed by atoms with Gasteiger partial charge in [0, 0.05) is 24.0 Å². The number of halogens is 1. The number of fused-ring (bicyclic) bond motifs is 1. The summed E-state index contributed by atoms with van der Waals surface area (Å²) in [6.45, 7) is 3.85. The Labute approximate surface area is 250 Å². The van der Waals surface area contributed by atoms with Crippen molar-refractivity contribution in [2.75, 3.05) is 30.3 Å². The van der Waals surface area contributed by atoms with Crippen LogP contribution in [0.3, 0.4) is 0 Å². The van der Waals surface area contributed by atoms with Crippen LogP contribution in [0.5, 0.6) is 0 Å². The summed E-state index contributed by atoms with van der Waals surface area (Å²) in [5.74, 6) is -1.35. The summed E-state index contributed by atoms with van der Waals surface area (Å²) in [7, 11) is 0. The van der Waals surface area contributed by atoms with E-state index in [9.17, 15) is 9.59 Å². The number of thiazole rings is 1. The highest BCUT2D eigenvalue weighted by molar-refractivity contribution is 7.14. The highest BCUT2D eigenvalue weighted by atomic mass is 35.5. The number of benzene rings is 2. The van der Waals surface area contributed by atoms with Crippen molar-refractivity contribution in [3.63, 3.8) is 0 Å². The molecule has 10 heteroatoms. The Morgan fingerprint density at radius 1 is 0.951 bits per heavy atom. The highest BCUT2D eigenvalue weighted by Gasteiger charge is 2.16. The molecule has 0 unspecified atom stereocenters. The second kappa shape index (κ2) is 15.7. The van der Waals surface area contributed by atoms with Crippen molar-refractivity contribution >= 4 is 45.7 Å². The lowest BCUT2D eigenvalue weighted by atomic mass is 9.89. The first-order chi connectivity index (χ1) is 19.9. The number of hydrogen-bond acceptors (Lipinski definition) is 7. The molecule has 8 nitrogen and oxygen atoms in total. The Hall–Kier alpha value is -3.14. The lowest BCUT2D eigenvalue weighted by molar-refractivity contribution is -0.143. The fourth-order valence-electron chi connectivity index (χ4n) is 5.24. The maximum absolute atomic E-state index is 9.64. The SMILES string of the molecule is Clc1ccc2c(c1NCc1ccc(-c3csc(NCC4CCCCC4)n3)cc1)CCNCC2.O=C(O)CCC(=O)O. The van der Waals surface area contributed by atoms with Crippen molar-refractivity contribution in [1.29, 1.82) is 0 Å². The van der Waals surface area contributed by atoms with Gasteiger partial charge in [0.05, 0.1) is 29.2 Å². The van der Waals surface area contributed by atoms with Crippen LogP contribution in [0.4, 0.5) is 10.8 Å². The number of nitrogens with one attached hydrogen (secondary N) is 3. The minimum absolute atomic E-state index is 0.296. The molecule has 0 atom stereocenters. The summed E-state index contributed by atoms with van der Waals surface area (Å²) in [6, 6.07) is 12.9. The molecule has 0 amide bonds. The molecular weight excluding hydrogens is 560 g/mol. The van der Waals surface area contributed by atoms with Crippen LogP contribution in [-0.2, 0) is 29.0 Å². The summed E-state index contributed by atoms with van der Waals surface area (Å²) in [5.41, 5.74) is 7.31. The van der Waals surface area contributed by atoms with Crippen LogP contribution in [0.2, 0.25) is 5.02 Å². The summed E-state index contributed by atoms with van der Waals surface area (Å²) in [6.07, 6.45) is 8.36. The molecule has 0 spiro atoms. The maximum Gasteiger partial charge on any atom is 0.303 e. The van der Waals surface area contributed by atoms with E-state index in [2.05, 4.69) is 51.7 Å². The number of carboxylic acid groups (broad SMARTS) is 2. The van der Waals surface area contributed by atoms with Crippen LogP contribution in [0.15, 0.2) is 41.8 Å². The second-order valence-electron chi connectivity index (χ2n) is 10.6. The molecule has 1 aromatic heterocycles. The van der Waals surface area contributed by atoms with Crippen molar-refractivity contribution in [3.8, 4) is 11.3 Å². The summed E-state index contributed by atoms with van der Waals surface area (Å²) < 4.78 is 0. The molecular formula is C31H39ClN4O4S. The molecule has 220 valence electrons. The van der Waals surface area contributed by atoms with Gasteiger partial charge in [-0.1, -0.05) is 61.2 Å². The van der Waals surface area contributed by atoms with Crippen LogP contribution in [0, 0.1) is 5.92 Å². The topological polar surface area (TPSA) is 124 Å². The van der Waals surface area contributed by atoms with Crippen molar-refractivity contribution in [2.45, 2.75) is 64.3 Å². The molecule has 2 aromatic carbocycles. The molecule has 1 aliphatic carbocycles. The van der Waals surface area contributed by atoms with Crippen LogP contribution >= 0.6 is 22.9 Å². The third-order valence-electron chi connectivity index (χ3n) is 7.52. The summed E-state index contributed by atoms with van der Waals surface area (Å²) in [5, 5.41) is 30.5. The van der Waals surface area contributed by atoms with E-state index in [1.165, 1.54) is 54.4 Å². The zero-order valence-corrected chi connectivity index (χ0v) is 24.8. The normalized spacial score (nSPS) is 15.1. The minimum atomic E-state index is -1.08. The molecule has 5 N–H and O–H groups in total. The van der Waals surface area contributed by atoms with Gasteiger partial charge in [0.25, 0.3) is 0 Å². The van der Waals surface area contributed by atoms with Crippen molar-refractivity contribution < 1.29 is 19.8 Å². The molecule has 0 saturated heterocycles. The number of carboxylic acids is 2. The van der Waals surface area contributed by atoms with Gasteiger partial charge in [-0.3, -0.25) is 9.59 Å². The predicted molar refractivity (Wildman–Crippen MR) is 166 cm³/mol. The van der Waals surface area contributed by atoms with Gasteiger partial charge in [0.1, 0.15) is 0 Å². The number of nitrogens with zero attached hydrogens (tertiary/aromatic N) is 1. The smallest absolute Gasteiger partial charge is 0.303 e. The van der Waals surface area contributed by atoms with E-state index in [1.807, 2.05) is 6.07 Å². The van der Waals surface area contributed by atoms with Crippen molar-refractivity contribution in [1.82, 2.24) is 10.3 Å². The average Bonchev–Trinajstić information content (AvgIpc) is 3.33. The van der Waals surface area contributed by atoms with E-state index in [0.29, 0.717) is 0 Å². The number of rotatable bonds is 10. The van der Waals surface area contributed by atoms with Gasteiger partial charge in [0.15, 0.2) is 5.13 Å². The molecule has 0 radical (unpaired) electrons. The van der Waals surface area contributed by atoms with E-state index >= 15 is 0 Å². The maximum atomic E-state index is 9.64. The quantitative estimate of drug-likeness (QED) is 0.175. The molecule has 41 heavy (non-hydrogen) atoms. The summed E-state index contributed by atoms with van der Waals surface area (Å²) in [4.78, 5) is 24.1. The van der Waals surface area contributed by atoms with E-state index in [0.717, 1.165) is 66.5 Å². The van der Waals surface area contributed by atoms with Crippen molar-refractivity contribution in [3.05, 3.63) is 63.5 Å². The van der Waals surface area contributed by atoms with Crippen LogP contribution in [0.25, 0.3) is 11.3 Å². The highest BCUT2D eigenvalue weighted by Crippen LogP contribution is 2.32. The fourth-order valence-corrected chi connectivity index (χ4v) is 6.22. The molecule has 0 bridgehead atoms. The number of aromatic nitrogens is 1. The Morgan fingerprint density at radius 2 is 1.66 bits per heavy atom. The first-order valence-electron chi connectivity index (χ1n) is 14.4. The number of hydrogen-bond donors (Lipinski definition) is 5. The van der Waals surface area contributed by atoms with E-state index in [4.69, 9.17) is 26.8 Å². The standard InChI is InChI=1S/C27H33ClN4S.C4H6O4/c28-24-11-10-21-12-14-29-15-13-23(21)26(24)30-16-20-6-8-22(9-7-20)25-18-33-27(32-25)31-17-19-4-2-1-3-5-19;5-3(6)1-2-4(7)8/h6-11,18-19,29-30H,1-5,12-17H2,(H,31,32);1-2H2,(H,5,6)(H,7,8). The summed E-state index contributed by atoms with van der Waals surface area (Å²) >= 11 is 8.27. The first kappa shape index (κ1) is 30.8. The van der Waals surface area contributed by atoms with Gasteiger partial charge in [-0.15, -0.1) is 11.3 Å². The van der Waals surface area contributed by atoms with E-state index in [1.54, 1.807) is 11.3 Å². The van der Waals surface area contributed by atoms with Gasteiger partial charge in [0.2, 0.25) is 0 Å². The molecule has 2 heterocycles. The number of aliphatic carboxylic acids is 2. The van der Waals surface area contributed by atoms with E-state index < -0.39 is 11.9 Å². The molecule has 1 saturated carbocycles. The van der Waals surface area contributed by atoms with E-state index in [-0.39, 0.29) is 12.8 Å². The van der Waals surface area contributed by atoms with Gasteiger partial charge in [-0.25, -0.2) is 4.98 Å². The van der Waals surface area contributed by atoms with Crippen LogP contribution < -0.4 is 16.0 Å². The van der Waals surface area contributed by atoms with Crippen LogP contribution in [-0.4, -0.2) is 46.8 Å².